The minimum absolute atomic E-state index is 0.00944. The van der Waals surface area contributed by atoms with Crippen LogP contribution < -0.4 is 20.1 Å². The number of para-hydroxylation sites is 1. The largest absolute Gasteiger partial charge is 0.493 e. The van der Waals surface area contributed by atoms with Gasteiger partial charge < -0.3 is 44.5 Å². The van der Waals surface area contributed by atoms with Gasteiger partial charge in [0, 0.05) is 43.4 Å². The minimum atomic E-state index is -5.08. The van der Waals surface area contributed by atoms with E-state index in [1.165, 1.54) is 29.3 Å². The summed E-state index contributed by atoms with van der Waals surface area (Å²) in [4.78, 5) is 54.0. The average Bonchev–Trinajstić information content (AvgIpc) is 3.27. The molecule has 5 aromatic rings. The molecule has 4 aromatic carbocycles. The van der Waals surface area contributed by atoms with Crippen LogP contribution in [0.3, 0.4) is 0 Å². The van der Waals surface area contributed by atoms with E-state index in [9.17, 15) is 32.7 Å². The number of aromatic carboxylic acids is 1. The van der Waals surface area contributed by atoms with Crippen LogP contribution in [0.25, 0.3) is 10.9 Å². The number of nitrogens with zero attached hydrogens (tertiary/aromatic N) is 2. The third-order valence-corrected chi connectivity index (χ3v) is 9.63. The molecule has 6 rings (SSSR count). The molecule has 1 aliphatic heterocycles. The van der Waals surface area contributed by atoms with Gasteiger partial charge in [0.2, 0.25) is 0 Å². The van der Waals surface area contributed by atoms with E-state index in [0.29, 0.717) is 62.3 Å². The molecule has 0 atom stereocenters. The highest BCUT2D eigenvalue weighted by Gasteiger charge is 2.38. The number of carboxylic acids is 2. The number of carbonyl (C=O) groups is 4. The molecule has 0 saturated heterocycles. The van der Waals surface area contributed by atoms with Crippen molar-refractivity contribution >= 4 is 46.0 Å². The number of fused-ring (bicyclic) bond motifs is 2. The topological polar surface area (TPSA) is 195 Å². The van der Waals surface area contributed by atoms with E-state index in [-0.39, 0.29) is 22.5 Å². The lowest BCUT2D eigenvalue weighted by Gasteiger charge is -2.29. The highest BCUT2D eigenvalue weighted by molar-refractivity contribution is 6.10. The Kier molecular flexibility index (Phi) is 17.3. The molecule has 2 heterocycles. The van der Waals surface area contributed by atoms with Gasteiger partial charge >= 0.3 is 18.1 Å². The number of anilines is 2. The zero-order valence-electron chi connectivity index (χ0n) is 34.5. The summed E-state index contributed by atoms with van der Waals surface area (Å²) in [5.74, 6) is -3.62. The third kappa shape index (κ3) is 14.2. The number of ether oxygens (including phenoxy) is 5. The van der Waals surface area contributed by atoms with Gasteiger partial charge in [-0.05, 0) is 84.1 Å². The summed E-state index contributed by atoms with van der Waals surface area (Å²) in [7, 11) is 3.29. The molecular weight excluding hydrogens is 830 g/mol. The Labute approximate surface area is 360 Å². The lowest BCUT2D eigenvalue weighted by molar-refractivity contribution is -0.192. The van der Waals surface area contributed by atoms with Crippen molar-refractivity contribution in [2.24, 2.45) is 0 Å². The van der Waals surface area contributed by atoms with Crippen LogP contribution in [-0.2, 0) is 38.4 Å². The lowest BCUT2D eigenvalue weighted by Crippen LogP contribution is -2.32. The Hall–Kier alpha value is -6.60. The number of benzene rings is 4. The quantitative estimate of drug-likeness (QED) is 0.0638. The van der Waals surface area contributed by atoms with E-state index < -0.39 is 29.9 Å². The molecule has 0 fully saturated rings. The van der Waals surface area contributed by atoms with Crippen molar-refractivity contribution in [3.05, 3.63) is 125 Å². The number of halogens is 3. The molecule has 0 saturated carbocycles. The van der Waals surface area contributed by atoms with E-state index in [1.807, 2.05) is 42.5 Å². The highest BCUT2D eigenvalue weighted by Crippen LogP contribution is 2.34. The Balaban J connectivity index is 0.000000985. The molecule has 4 N–H and O–H groups in total. The number of rotatable bonds is 19. The number of carboxylic acid groups (broad SMARTS) is 2. The Bertz CT molecular complexity index is 2360. The fourth-order valence-electron chi connectivity index (χ4n) is 6.36. The van der Waals surface area contributed by atoms with E-state index >= 15 is 0 Å². The maximum absolute atomic E-state index is 13.3. The Morgan fingerprint density at radius 1 is 0.762 bits per heavy atom. The number of hydrogen-bond acceptors (Lipinski definition) is 11. The van der Waals surface area contributed by atoms with Crippen LogP contribution in [0, 0.1) is 0 Å². The molecule has 334 valence electrons. The number of alkyl halides is 3. The van der Waals surface area contributed by atoms with Gasteiger partial charge in [0.25, 0.3) is 11.8 Å². The number of amides is 2. The maximum Gasteiger partial charge on any atom is 0.490 e. The van der Waals surface area contributed by atoms with Crippen molar-refractivity contribution in [2.45, 2.75) is 25.6 Å². The van der Waals surface area contributed by atoms with Crippen LogP contribution >= 0.6 is 0 Å². The molecule has 1 aliphatic rings. The second-order valence-electron chi connectivity index (χ2n) is 14.0. The van der Waals surface area contributed by atoms with Crippen LogP contribution in [0.1, 0.15) is 47.9 Å². The Morgan fingerprint density at radius 2 is 1.44 bits per heavy atom. The molecule has 0 aliphatic carbocycles. The number of carbonyl (C=O) groups excluding carboxylic acids is 2. The van der Waals surface area contributed by atoms with E-state index in [2.05, 4.69) is 32.7 Å². The van der Waals surface area contributed by atoms with Gasteiger partial charge in [-0.15, -0.1) is 0 Å². The van der Waals surface area contributed by atoms with Gasteiger partial charge in [-0.2, -0.15) is 13.2 Å². The third-order valence-electron chi connectivity index (χ3n) is 9.63. The average molecular weight is 877 g/mol. The first-order valence-electron chi connectivity index (χ1n) is 19.7. The number of pyridine rings is 1. The number of aliphatic carboxylic acids is 1. The first kappa shape index (κ1) is 47.4. The summed E-state index contributed by atoms with van der Waals surface area (Å²) >= 11 is 0. The molecule has 63 heavy (non-hydrogen) atoms. The molecule has 0 unspecified atom stereocenters. The number of nitrogens with one attached hydrogen (secondary N) is 2. The fourth-order valence-corrected chi connectivity index (χ4v) is 6.36. The number of methoxy groups -OCH3 is 2. The predicted octanol–water partition coefficient (Wildman–Crippen LogP) is 6.74. The zero-order chi connectivity index (χ0) is 45.4. The van der Waals surface area contributed by atoms with Crippen LogP contribution in [0.15, 0.2) is 91.0 Å². The summed E-state index contributed by atoms with van der Waals surface area (Å²) in [6.45, 7) is 5.50. The second kappa shape index (κ2) is 23.0. The van der Waals surface area contributed by atoms with Gasteiger partial charge in [-0.3, -0.25) is 14.5 Å². The van der Waals surface area contributed by atoms with Crippen LogP contribution in [-0.4, -0.2) is 117 Å². The van der Waals surface area contributed by atoms with Crippen molar-refractivity contribution in [3.63, 3.8) is 0 Å². The van der Waals surface area contributed by atoms with Gasteiger partial charge in [0.1, 0.15) is 12.3 Å². The van der Waals surface area contributed by atoms with Crippen LogP contribution in [0.5, 0.6) is 11.5 Å². The van der Waals surface area contributed by atoms with Crippen molar-refractivity contribution in [2.75, 3.05) is 77.6 Å². The maximum atomic E-state index is 13.3. The summed E-state index contributed by atoms with van der Waals surface area (Å²) in [6, 6.07) is 26.5. The SMILES string of the molecule is COCCOCCOCCOc1cc2c(cc1OC)CCN(CCc1ccc(NC(=O)c3ccc(C(=O)O)c(NC(=O)c4ccc5ccccc5n4)c3)cc1)C2.O=C(O)C(F)(F)F. The smallest absolute Gasteiger partial charge is 0.490 e. The number of aromatic nitrogens is 1. The van der Waals surface area contributed by atoms with Crippen LogP contribution in [0.2, 0.25) is 0 Å². The normalized spacial score (nSPS) is 12.4. The Morgan fingerprint density at radius 3 is 2.13 bits per heavy atom. The molecule has 0 bridgehead atoms. The highest BCUT2D eigenvalue weighted by atomic mass is 19.4. The monoisotopic (exact) mass is 876 g/mol. The predicted molar refractivity (Wildman–Crippen MR) is 226 cm³/mol. The van der Waals surface area contributed by atoms with Crippen molar-refractivity contribution < 1.29 is 66.2 Å². The molecule has 0 spiro atoms. The summed E-state index contributed by atoms with van der Waals surface area (Å²) in [5.41, 5.74) is 4.95. The van der Waals surface area contributed by atoms with Crippen molar-refractivity contribution in [1.82, 2.24) is 9.88 Å². The first-order chi connectivity index (χ1) is 30.2. The van der Waals surface area contributed by atoms with E-state index in [0.717, 1.165) is 43.4 Å². The standard InChI is InChI=1S/C43H46N4O9.C2HF3O2/c1-52-19-20-54-21-22-55-23-24-56-40-27-33-28-47(18-16-31(33)26-39(40)53-2)17-15-29-7-11-34(12-8-29)44-41(48)32-9-13-35(43(50)51)38(25-32)46-42(49)37-14-10-30-5-3-4-6-36(30)45-37;3-2(4,5)1(6)7/h3-14,25-27H,15-24,28H2,1-2H3,(H,44,48)(H,46,49)(H,50,51);(H,6,7). The minimum Gasteiger partial charge on any atom is -0.493 e. The van der Waals surface area contributed by atoms with Crippen molar-refractivity contribution in [3.8, 4) is 11.5 Å². The van der Waals surface area contributed by atoms with Crippen LogP contribution in [0.4, 0.5) is 24.5 Å². The van der Waals surface area contributed by atoms with Gasteiger partial charge in [0.15, 0.2) is 11.5 Å². The fraction of sp³-hybridized carbons (Fsp3) is 0.311. The van der Waals surface area contributed by atoms with E-state index in [4.69, 9.17) is 33.6 Å². The molecule has 18 heteroatoms. The van der Waals surface area contributed by atoms with Crippen molar-refractivity contribution in [1.29, 1.82) is 0 Å². The summed E-state index contributed by atoms with van der Waals surface area (Å²) in [6.07, 6.45) is -3.36. The summed E-state index contributed by atoms with van der Waals surface area (Å²) in [5, 5.41) is 23.3. The van der Waals surface area contributed by atoms with E-state index in [1.54, 1.807) is 32.4 Å². The summed E-state index contributed by atoms with van der Waals surface area (Å²) < 4.78 is 59.4. The molecule has 15 nitrogen and oxygen atoms in total. The van der Waals surface area contributed by atoms with Gasteiger partial charge in [-0.1, -0.05) is 36.4 Å². The lowest BCUT2D eigenvalue weighted by atomic mass is 9.98. The second-order valence-corrected chi connectivity index (χ2v) is 14.0. The molecular formula is C45H47F3N4O11. The van der Waals surface area contributed by atoms with Gasteiger partial charge in [0.05, 0.1) is 56.9 Å². The first-order valence-corrected chi connectivity index (χ1v) is 19.7. The molecule has 0 radical (unpaired) electrons. The molecule has 1 aromatic heterocycles. The van der Waals surface area contributed by atoms with Gasteiger partial charge in [-0.25, -0.2) is 14.6 Å². The number of hydrogen-bond donors (Lipinski definition) is 4. The zero-order valence-corrected chi connectivity index (χ0v) is 34.5. The molecule has 2 amide bonds.